The molecule has 0 bridgehead atoms. The fourth-order valence-electron chi connectivity index (χ4n) is 2.66. The van der Waals surface area contributed by atoms with Crippen LogP contribution < -0.4 is 20.1 Å². The van der Waals surface area contributed by atoms with Gasteiger partial charge in [0.25, 0.3) is 0 Å². The van der Waals surface area contributed by atoms with Gasteiger partial charge in [-0.3, -0.25) is 4.90 Å². The van der Waals surface area contributed by atoms with Gasteiger partial charge in [-0.2, -0.15) is 9.97 Å². The van der Waals surface area contributed by atoms with E-state index in [2.05, 4.69) is 32.4 Å². The largest absolute Gasteiger partial charge is 0.481 e. The maximum Gasteiger partial charge on any atom is 0.220 e. The Bertz CT molecular complexity index is 439. The quantitative estimate of drug-likeness (QED) is 0.853. The first-order valence-electron chi connectivity index (χ1n) is 9.33. The Balaban J connectivity index is 0.000000326. The normalized spacial score (nSPS) is 20.0. The van der Waals surface area contributed by atoms with Gasteiger partial charge in [0, 0.05) is 32.2 Å². The summed E-state index contributed by atoms with van der Waals surface area (Å²) in [4.78, 5) is 10.9. The average Bonchev–Trinajstić information content (AvgIpc) is 3.15. The zero-order valence-corrected chi connectivity index (χ0v) is 16.5. The van der Waals surface area contributed by atoms with E-state index in [9.17, 15) is 0 Å². The molecule has 0 radical (unpaired) electrons. The number of nitrogens with one attached hydrogen (secondary N) is 2. The van der Waals surface area contributed by atoms with Crippen molar-refractivity contribution in [2.24, 2.45) is 0 Å². The molecule has 0 aliphatic carbocycles. The van der Waals surface area contributed by atoms with Gasteiger partial charge in [-0.25, -0.2) is 0 Å². The molecule has 2 aliphatic heterocycles. The van der Waals surface area contributed by atoms with Crippen molar-refractivity contribution < 1.29 is 9.47 Å². The molecule has 7 nitrogen and oxygen atoms in total. The standard InChI is InChI=1S/C11H18N4O2.C5H11N.C2H6/c1-16-10-7-11(17-2)14-9(13-10)8-15-5-3-12-4-6-15;1-5-3-2-4-6-5;1-2/h7,12H,3-6,8H2,1-2H3;5-6H,2-4H2,1H3;1-2H3/t;5-;/m.1./s1. The van der Waals surface area contributed by atoms with Gasteiger partial charge in [-0.15, -0.1) is 0 Å². The number of hydrogen-bond acceptors (Lipinski definition) is 7. The highest BCUT2D eigenvalue weighted by Gasteiger charge is 2.13. The van der Waals surface area contributed by atoms with Crippen LogP contribution in [0, 0.1) is 0 Å². The highest BCUT2D eigenvalue weighted by molar-refractivity contribution is 5.20. The molecule has 1 aromatic rings. The molecule has 0 spiro atoms. The minimum absolute atomic E-state index is 0.544. The van der Waals surface area contributed by atoms with Crippen molar-refractivity contribution in [2.45, 2.75) is 46.2 Å². The summed E-state index contributed by atoms with van der Waals surface area (Å²) in [6.45, 7) is 12.3. The van der Waals surface area contributed by atoms with Gasteiger partial charge in [-0.1, -0.05) is 13.8 Å². The lowest BCUT2D eigenvalue weighted by molar-refractivity contribution is 0.225. The Kier molecular flexibility index (Phi) is 11.1. The molecule has 7 heteroatoms. The van der Waals surface area contributed by atoms with Crippen LogP contribution in [0.1, 0.15) is 39.4 Å². The van der Waals surface area contributed by atoms with Gasteiger partial charge in [0.1, 0.15) is 5.82 Å². The van der Waals surface area contributed by atoms with E-state index in [0.717, 1.165) is 44.6 Å². The van der Waals surface area contributed by atoms with Crippen molar-refractivity contribution in [1.82, 2.24) is 25.5 Å². The zero-order valence-electron chi connectivity index (χ0n) is 16.5. The molecule has 0 saturated carbocycles. The van der Waals surface area contributed by atoms with E-state index < -0.39 is 0 Å². The average molecular weight is 354 g/mol. The van der Waals surface area contributed by atoms with Crippen molar-refractivity contribution in [2.75, 3.05) is 46.9 Å². The van der Waals surface area contributed by atoms with Crippen LogP contribution in [0.15, 0.2) is 6.07 Å². The summed E-state index contributed by atoms with van der Waals surface area (Å²) in [6, 6.07) is 2.48. The zero-order chi connectivity index (χ0) is 18.5. The highest BCUT2D eigenvalue weighted by atomic mass is 16.5. The first kappa shape index (κ1) is 21.6. The van der Waals surface area contributed by atoms with E-state index >= 15 is 0 Å². The molecule has 0 amide bonds. The number of methoxy groups -OCH3 is 2. The lowest BCUT2D eigenvalue weighted by atomic mass is 10.3. The van der Waals surface area contributed by atoms with Gasteiger partial charge in [0.05, 0.1) is 26.8 Å². The number of nitrogens with zero attached hydrogens (tertiary/aromatic N) is 3. The topological polar surface area (TPSA) is 71.5 Å². The Morgan fingerprint density at radius 1 is 1.08 bits per heavy atom. The summed E-state index contributed by atoms with van der Waals surface area (Å²) < 4.78 is 10.2. The Labute approximate surface area is 152 Å². The van der Waals surface area contributed by atoms with Crippen LogP contribution in [0.4, 0.5) is 0 Å². The second kappa shape index (κ2) is 12.9. The Morgan fingerprint density at radius 2 is 1.68 bits per heavy atom. The molecule has 1 atom stereocenters. The van der Waals surface area contributed by atoms with Crippen molar-refractivity contribution in [3.8, 4) is 11.8 Å². The van der Waals surface area contributed by atoms with E-state index in [4.69, 9.17) is 9.47 Å². The maximum atomic E-state index is 5.12. The second-order valence-corrected chi connectivity index (χ2v) is 5.89. The number of aromatic nitrogens is 2. The lowest BCUT2D eigenvalue weighted by Gasteiger charge is -2.26. The van der Waals surface area contributed by atoms with Crippen LogP contribution in [0.5, 0.6) is 11.8 Å². The molecule has 3 rings (SSSR count). The number of rotatable bonds is 4. The van der Waals surface area contributed by atoms with Gasteiger partial charge < -0.3 is 20.1 Å². The molecule has 3 heterocycles. The fraction of sp³-hybridized carbons (Fsp3) is 0.778. The summed E-state index contributed by atoms with van der Waals surface area (Å²) in [5.74, 6) is 1.83. The van der Waals surface area contributed by atoms with Crippen LogP contribution in [-0.4, -0.2) is 67.9 Å². The van der Waals surface area contributed by atoms with E-state index in [0.29, 0.717) is 11.8 Å². The molecule has 2 aliphatic rings. The first-order valence-corrected chi connectivity index (χ1v) is 9.33. The molecule has 2 N–H and O–H groups in total. The predicted octanol–water partition coefficient (Wildman–Crippen LogP) is 1.68. The van der Waals surface area contributed by atoms with Crippen LogP contribution in [0.2, 0.25) is 0 Å². The van der Waals surface area contributed by atoms with Gasteiger partial charge in [-0.05, 0) is 26.3 Å². The van der Waals surface area contributed by atoms with Crippen LogP contribution >= 0.6 is 0 Å². The highest BCUT2D eigenvalue weighted by Crippen LogP contribution is 2.15. The maximum absolute atomic E-state index is 5.12. The summed E-state index contributed by atoms with van der Waals surface area (Å²) in [5.41, 5.74) is 0. The van der Waals surface area contributed by atoms with Crippen molar-refractivity contribution in [3.05, 3.63) is 11.9 Å². The molecule has 0 aromatic carbocycles. The SMILES string of the molecule is CC.COc1cc(OC)nc(CN2CCNCC2)n1.C[C@@H]1CCCN1. The van der Waals surface area contributed by atoms with E-state index in [-0.39, 0.29) is 0 Å². The van der Waals surface area contributed by atoms with E-state index in [1.54, 1.807) is 20.3 Å². The molecule has 2 saturated heterocycles. The van der Waals surface area contributed by atoms with E-state index in [1.165, 1.54) is 19.4 Å². The van der Waals surface area contributed by atoms with Crippen LogP contribution in [0.3, 0.4) is 0 Å². The Hall–Kier alpha value is -1.44. The van der Waals surface area contributed by atoms with Gasteiger partial charge in [0.15, 0.2) is 0 Å². The fourth-order valence-corrected chi connectivity index (χ4v) is 2.66. The number of ether oxygens (including phenoxy) is 2. The van der Waals surface area contributed by atoms with Crippen LogP contribution in [-0.2, 0) is 6.54 Å². The van der Waals surface area contributed by atoms with Crippen molar-refractivity contribution in [1.29, 1.82) is 0 Å². The third-order valence-electron chi connectivity index (χ3n) is 4.03. The summed E-state index contributed by atoms with van der Waals surface area (Å²) >= 11 is 0. The smallest absolute Gasteiger partial charge is 0.220 e. The molecular weight excluding hydrogens is 318 g/mol. The molecule has 0 unspecified atom stereocenters. The van der Waals surface area contributed by atoms with Gasteiger partial charge in [0.2, 0.25) is 11.8 Å². The summed E-state index contributed by atoms with van der Waals surface area (Å²) in [6.07, 6.45) is 2.75. The minimum Gasteiger partial charge on any atom is -0.481 e. The minimum atomic E-state index is 0.544. The molecule has 2 fully saturated rings. The number of hydrogen-bond donors (Lipinski definition) is 2. The van der Waals surface area contributed by atoms with Crippen molar-refractivity contribution >= 4 is 0 Å². The number of piperazine rings is 1. The van der Waals surface area contributed by atoms with Gasteiger partial charge >= 0.3 is 0 Å². The van der Waals surface area contributed by atoms with Crippen LogP contribution in [0.25, 0.3) is 0 Å². The monoisotopic (exact) mass is 353 g/mol. The molecule has 25 heavy (non-hydrogen) atoms. The van der Waals surface area contributed by atoms with E-state index in [1.807, 2.05) is 13.8 Å². The third-order valence-corrected chi connectivity index (χ3v) is 4.03. The summed E-state index contributed by atoms with van der Waals surface area (Å²) in [7, 11) is 3.19. The van der Waals surface area contributed by atoms with Crippen molar-refractivity contribution in [3.63, 3.8) is 0 Å². The lowest BCUT2D eigenvalue weighted by Crippen LogP contribution is -2.43. The summed E-state index contributed by atoms with van der Waals surface area (Å²) in [5, 5.41) is 6.63. The Morgan fingerprint density at radius 3 is 2.08 bits per heavy atom. The predicted molar refractivity (Wildman–Crippen MR) is 101 cm³/mol. The first-order chi connectivity index (χ1) is 12.2. The second-order valence-electron chi connectivity index (χ2n) is 5.89. The molecule has 144 valence electrons. The molecule has 1 aromatic heterocycles. The third kappa shape index (κ3) is 8.47. The molecular formula is C18H35N5O2.